The van der Waals surface area contributed by atoms with Crippen LogP contribution in [0.3, 0.4) is 0 Å². The van der Waals surface area contributed by atoms with Crippen LogP contribution in [0, 0.1) is 5.92 Å². The summed E-state index contributed by atoms with van der Waals surface area (Å²) in [6, 6.07) is 12.0. The van der Waals surface area contributed by atoms with Gasteiger partial charge in [-0.2, -0.15) is 0 Å². The molecule has 2 rings (SSSR count). The standard InChI is InChI=1S/C23H25ClN2O5/c1-14(2)12-20(23(29)30)26-22(28)19(13-16-6-4-5-7-18(16)24)25-21(27)15-8-10-17(31-3)11-9-15/h4-11,13-14,20H,12H2,1-3H3,(H,25,27)(H,26,28)(H,29,30)/b19-13-/t20-/m1/s1. The van der Waals surface area contributed by atoms with Crippen LogP contribution < -0.4 is 15.4 Å². The SMILES string of the molecule is COc1ccc(C(=O)N/C(=C\c2ccccc2Cl)C(=O)N[C@H](CC(C)C)C(=O)O)cc1. The third-order valence-electron chi connectivity index (χ3n) is 4.36. The first kappa shape index (κ1) is 24.0. The van der Waals surface area contributed by atoms with Crippen molar-refractivity contribution in [1.29, 1.82) is 0 Å². The molecular formula is C23H25ClN2O5. The molecular weight excluding hydrogens is 420 g/mol. The number of carboxylic acids is 1. The van der Waals surface area contributed by atoms with E-state index < -0.39 is 23.8 Å². The molecule has 7 nitrogen and oxygen atoms in total. The molecule has 8 heteroatoms. The van der Waals surface area contributed by atoms with E-state index >= 15 is 0 Å². The molecule has 2 aromatic rings. The number of ether oxygens (including phenoxy) is 1. The Morgan fingerprint density at radius 3 is 2.29 bits per heavy atom. The second-order valence-corrected chi connectivity index (χ2v) is 7.66. The molecule has 0 aliphatic carbocycles. The van der Waals surface area contributed by atoms with Gasteiger partial charge in [-0.05, 0) is 54.3 Å². The van der Waals surface area contributed by atoms with Gasteiger partial charge in [0, 0.05) is 10.6 Å². The third kappa shape index (κ3) is 7.15. The number of carboxylic acid groups (broad SMARTS) is 1. The van der Waals surface area contributed by atoms with Gasteiger partial charge in [-0.3, -0.25) is 9.59 Å². The molecule has 1 atom stereocenters. The molecule has 0 saturated heterocycles. The number of rotatable bonds is 9. The van der Waals surface area contributed by atoms with Crippen LogP contribution in [0.2, 0.25) is 5.02 Å². The van der Waals surface area contributed by atoms with Crippen molar-refractivity contribution in [3.63, 3.8) is 0 Å². The van der Waals surface area contributed by atoms with E-state index in [9.17, 15) is 19.5 Å². The maximum Gasteiger partial charge on any atom is 0.326 e. The highest BCUT2D eigenvalue weighted by Gasteiger charge is 2.24. The summed E-state index contributed by atoms with van der Waals surface area (Å²) in [5.74, 6) is -1.78. The van der Waals surface area contributed by atoms with Crippen molar-refractivity contribution in [3.05, 3.63) is 70.4 Å². The number of carbonyl (C=O) groups excluding carboxylic acids is 2. The van der Waals surface area contributed by atoms with Crippen molar-refractivity contribution in [2.24, 2.45) is 5.92 Å². The number of amides is 2. The number of carbonyl (C=O) groups is 3. The van der Waals surface area contributed by atoms with Gasteiger partial charge in [0.1, 0.15) is 17.5 Å². The third-order valence-corrected chi connectivity index (χ3v) is 4.70. The molecule has 2 amide bonds. The summed E-state index contributed by atoms with van der Waals surface area (Å²) < 4.78 is 5.08. The number of methoxy groups -OCH3 is 1. The van der Waals surface area contributed by atoms with E-state index in [0.717, 1.165) is 0 Å². The molecule has 0 unspecified atom stereocenters. The van der Waals surface area contributed by atoms with Gasteiger partial charge >= 0.3 is 5.97 Å². The molecule has 3 N–H and O–H groups in total. The van der Waals surface area contributed by atoms with Crippen molar-refractivity contribution < 1.29 is 24.2 Å². The fourth-order valence-corrected chi connectivity index (χ4v) is 2.96. The zero-order valence-corrected chi connectivity index (χ0v) is 18.3. The fourth-order valence-electron chi connectivity index (χ4n) is 2.77. The summed E-state index contributed by atoms with van der Waals surface area (Å²) in [5, 5.41) is 14.9. The predicted octanol–water partition coefficient (Wildman–Crippen LogP) is 3.74. The normalized spacial score (nSPS) is 12.2. The average molecular weight is 445 g/mol. The summed E-state index contributed by atoms with van der Waals surface area (Å²) in [7, 11) is 1.51. The van der Waals surface area contributed by atoms with Crippen molar-refractivity contribution in [2.75, 3.05) is 7.11 Å². The first-order valence-corrected chi connectivity index (χ1v) is 10.0. The molecule has 0 fully saturated rings. The summed E-state index contributed by atoms with van der Waals surface area (Å²) in [6.45, 7) is 3.71. The van der Waals surface area contributed by atoms with Gasteiger partial charge in [0.25, 0.3) is 11.8 Å². The first-order valence-electron chi connectivity index (χ1n) is 9.66. The minimum absolute atomic E-state index is 0.0475. The Bertz CT molecular complexity index is 970. The van der Waals surface area contributed by atoms with Crippen LogP contribution in [0.1, 0.15) is 36.2 Å². The minimum atomic E-state index is -1.15. The van der Waals surface area contributed by atoms with Crippen LogP contribution in [-0.2, 0) is 9.59 Å². The number of aliphatic carboxylic acids is 1. The zero-order chi connectivity index (χ0) is 23.0. The van der Waals surface area contributed by atoms with E-state index in [4.69, 9.17) is 16.3 Å². The van der Waals surface area contributed by atoms with Gasteiger partial charge in [0.05, 0.1) is 7.11 Å². The Kier molecular flexibility index (Phi) is 8.63. The monoisotopic (exact) mass is 444 g/mol. The van der Waals surface area contributed by atoms with Crippen LogP contribution >= 0.6 is 11.6 Å². The Hall–Kier alpha value is -3.32. The van der Waals surface area contributed by atoms with Crippen LogP contribution in [0.5, 0.6) is 5.75 Å². The lowest BCUT2D eigenvalue weighted by Crippen LogP contribution is -2.45. The zero-order valence-electron chi connectivity index (χ0n) is 17.5. The molecule has 0 saturated carbocycles. The molecule has 31 heavy (non-hydrogen) atoms. The Labute approximate surface area is 186 Å². The highest BCUT2D eigenvalue weighted by molar-refractivity contribution is 6.32. The van der Waals surface area contributed by atoms with Crippen molar-refractivity contribution >= 4 is 35.5 Å². The number of halogens is 1. The summed E-state index contributed by atoms with van der Waals surface area (Å²) in [5.41, 5.74) is 0.680. The van der Waals surface area contributed by atoms with Crippen LogP contribution in [-0.4, -0.2) is 36.0 Å². The topological polar surface area (TPSA) is 105 Å². The lowest BCUT2D eigenvalue weighted by molar-refractivity contribution is -0.141. The fraction of sp³-hybridized carbons (Fsp3) is 0.261. The van der Waals surface area contributed by atoms with E-state index in [0.29, 0.717) is 21.9 Å². The molecule has 0 aromatic heterocycles. The van der Waals surface area contributed by atoms with Gasteiger partial charge in [0.15, 0.2) is 0 Å². The van der Waals surface area contributed by atoms with Gasteiger partial charge in [-0.15, -0.1) is 0 Å². The van der Waals surface area contributed by atoms with Crippen LogP contribution in [0.4, 0.5) is 0 Å². The summed E-state index contributed by atoms with van der Waals surface area (Å²) in [4.78, 5) is 37.2. The largest absolute Gasteiger partial charge is 0.497 e. The molecule has 2 aromatic carbocycles. The predicted molar refractivity (Wildman–Crippen MR) is 119 cm³/mol. The van der Waals surface area contributed by atoms with Crippen molar-refractivity contribution in [2.45, 2.75) is 26.3 Å². The molecule has 0 spiro atoms. The molecule has 0 radical (unpaired) electrons. The highest BCUT2D eigenvalue weighted by atomic mass is 35.5. The number of nitrogens with one attached hydrogen (secondary N) is 2. The van der Waals surface area contributed by atoms with Gasteiger partial charge in [-0.25, -0.2) is 4.79 Å². The highest BCUT2D eigenvalue weighted by Crippen LogP contribution is 2.18. The van der Waals surface area contributed by atoms with Crippen LogP contribution in [0.15, 0.2) is 54.2 Å². The van der Waals surface area contributed by atoms with E-state index in [1.807, 2.05) is 13.8 Å². The summed E-state index contributed by atoms with van der Waals surface area (Å²) >= 11 is 6.19. The number of hydrogen-bond acceptors (Lipinski definition) is 4. The van der Waals surface area contributed by atoms with Crippen molar-refractivity contribution in [1.82, 2.24) is 10.6 Å². The maximum atomic E-state index is 12.9. The van der Waals surface area contributed by atoms with Gasteiger partial charge < -0.3 is 20.5 Å². The lowest BCUT2D eigenvalue weighted by Gasteiger charge is -2.18. The number of benzene rings is 2. The quantitative estimate of drug-likeness (QED) is 0.511. The second-order valence-electron chi connectivity index (χ2n) is 7.26. The molecule has 164 valence electrons. The summed E-state index contributed by atoms with van der Waals surface area (Å²) in [6.07, 6.45) is 1.65. The maximum absolute atomic E-state index is 12.9. The molecule has 0 bridgehead atoms. The first-order chi connectivity index (χ1) is 14.7. The molecule has 0 aliphatic rings. The van der Waals surface area contributed by atoms with Gasteiger partial charge in [0.2, 0.25) is 0 Å². The van der Waals surface area contributed by atoms with E-state index in [2.05, 4.69) is 10.6 Å². The molecule has 0 aliphatic heterocycles. The van der Waals surface area contributed by atoms with Gasteiger partial charge in [-0.1, -0.05) is 43.6 Å². The molecule has 0 heterocycles. The lowest BCUT2D eigenvalue weighted by atomic mass is 10.0. The smallest absolute Gasteiger partial charge is 0.326 e. The Balaban J connectivity index is 2.33. The number of hydrogen-bond donors (Lipinski definition) is 3. The van der Waals surface area contributed by atoms with E-state index in [1.54, 1.807) is 48.5 Å². The Morgan fingerprint density at radius 2 is 1.74 bits per heavy atom. The van der Waals surface area contributed by atoms with E-state index in [-0.39, 0.29) is 18.0 Å². The minimum Gasteiger partial charge on any atom is -0.497 e. The van der Waals surface area contributed by atoms with E-state index in [1.165, 1.54) is 13.2 Å². The van der Waals surface area contributed by atoms with Crippen molar-refractivity contribution in [3.8, 4) is 5.75 Å². The average Bonchev–Trinajstić information content (AvgIpc) is 2.73. The Morgan fingerprint density at radius 1 is 1.10 bits per heavy atom. The van der Waals surface area contributed by atoms with Crippen LogP contribution in [0.25, 0.3) is 6.08 Å². The second kappa shape index (κ2) is 11.2.